The van der Waals surface area contributed by atoms with E-state index in [2.05, 4.69) is 15.9 Å². The van der Waals surface area contributed by atoms with Gasteiger partial charge >= 0.3 is 6.18 Å². The fraction of sp³-hybridized carbons (Fsp3) is 0.455. The van der Waals surface area contributed by atoms with Crippen molar-refractivity contribution in [1.29, 1.82) is 0 Å². The third kappa shape index (κ3) is 4.12. The highest BCUT2D eigenvalue weighted by Gasteiger charge is 2.28. The second-order valence-corrected chi connectivity index (χ2v) is 4.74. The summed E-state index contributed by atoms with van der Waals surface area (Å²) < 4.78 is 48.9. The van der Waals surface area contributed by atoms with E-state index in [1.54, 1.807) is 13.0 Å². The van der Waals surface area contributed by atoms with Gasteiger partial charge in [-0.15, -0.1) is 0 Å². The lowest BCUT2D eigenvalue weighted by atomic mass is 10.1. The smallest absolute Gasteiger partial charge is 0.207 e. The Morgan fingerprint density at radius 2 is 1.94 bits per heavy atom. The molecule has 0 spiro atoms. The van der Waals surface area contributed by atoms with Crippen molar-refractivity contribution < 1.29 is 17.6 Å². The standard InChI is InChI=1S/C11H11BrF4/c1-7-6-8(2-3-10(7)13)9(12)4-5-11(14,15)16/h2-3,6,9H,4-5H2,1H3. The molecule has 0 amide bonds. The highest BCUT2D eigenvalue weighted by molar-refractivity contribution is 9.09. The van der Waals surface area contributed by atoms with Gasteiger partial charge in [0.15, 0.2) is 0 Å². The lowest BCUT2D eigenvalue weighted by Gasteiger charge is -2.12. The maximum Gasteiger partial charge on any atom is 0.389 e. The van der Waals surface area contributed by atoms with Crippen molar-refractivity contribution in [3.63, 3.8) is 0 Å². The van der Waals surface area contributed by atoms with Crippen LogP contribution in [0.3, 0.4) is 0 Å². The Labute approximate surface area is 99.8 Å². The Morgan fingerprint density at radius 1 is 1.31 bits per heavy atom. The van der Waals surface area contributed by atoms with Gasteiger partial charge in [0.05, 0.1) is 0 Å². The first-order valence-corrected chi connectivity index (χ1v) is 5.68. The maximum absolute atomic E-state index is 12.9. The molecular formula is C11H11BrF4. The van der Waals surface area contributed by atoms with Crippen molar-refractivity contribution in [1.82, 2.24) is 0 Å². The van der Waals surface area contributed by atoms with Gasteiger partial charge in [0, 0.05) is 11.2 Å². The predicted octanol–water partition coefficient (Wildman–Crippen LogP) is 4.91. The Balaban J connectivity index is 2.66. The molecule has 0 aliphatic heterocycles. The van der Waals surface area contributed by atoms with Gasteiger partial charge in [-0.2, -0.15) is 13.2 Å². The summed E-state index contributed by atoms with van der Waals surface area (Å²) in [7, 11) is 0. The predicted molar refractivity (Wildman–Crippen MR) is 58.1 cm³/mol. The Hall–Kier alpha value is -0.580. The van der Waals surface area contributed by atoms with Crippen LogP contribution in [-0.2, 0) is 0 Å². The Morgan fingerprint density at radius 3 is 2.44 bits per heavy atom. The molecule has 0 N–H and O–H groups in total. The molecule has 0 fully saturated rings. The van der Waals surface area contributed by atoms with Crippen molar-refractivity contribution in [3.8, 4) is 0 Å². The van der Waals surface area contributed by atoms with Crippen molar-refractivity contribution in [2.75, 3.05) is 0 Å². The number of rotatable bonds is 3. The van der Waals surface area contributed by atoms with Crippen LogP contribution in [-0.4, -0.2) is 6.18 Å². The number of halogens is 5. The second-order valence-electron chi connectivity index (χ2n) is 3.63. The molecule has 5 heteroatoms. The number of hydrogen-bond acceptors (Lipinski definition) is 0. The Bertz CT molecular complexity index is 359. The molecule has 0 aliphatic carbocycles. The number of aryl methyl sites for hydroxylation is 1. The van der Waals surface area contributed by atoms with Crippen LogP contribution < -0.4 is 0 Å². The Kier molecular flexibility index (Phi) is 4.35. The van der Waals surface area contributed by atoms with Gasteiger partial charge in [0.2, 0.25) is 0 Å². The van der Waals surface area contributed by atoms with Crippen LogP contribution >= 0.6 is 15.9 Å². The molecule has 1 atom stereocenters. The third-order valence-electron chi connectivity index (χ3n) is 2.22. The van der Waals surface area contributed by atoms with E-state index < -0.39 is 17.4 Å². The van der Waals surface area contributed by atoms with Gasteiger partial charge in [-0.05, 0) is 30.5 Å². The van der Waals surface area contributed by atoms with E-state index in [9.17, 15) is 17.6 Å². The van der Waals surface area contributed by atoms with Crippen LogP contribution in [0.5, 0.6) is 0 Å². The molecule has 1 unspecified atom stereocenters. The summed E-state index contributed by atoms with van der Waals surface area (Å²) in [5, 5.41) is 0. The van der Waals surface area contributed by atoms with Crippen LogP contribution in [0, 0.1) is 12.7 Å². The first-order valence-electron chi connectivity index (χ1n) is 4.76. The van der Waals surface area contributed by atoms with Gasteiger partial charge in [-0.3, -0.25) is 0 Å². The normalized spacial score (nSPS) is 13.9. The third-order valence-corrected chi connectivity index (χ3v) is 3.21. The second kappa shape index (κ2) is 5.17. The molecule has 1 aromatic carbocycles. The van der Waals surface area contributed by atoms with Crippen LogP contribution in [0.2, 0.25) is 0 Å². The fourth-order valence-corrected chi connectivity index (χ4v) is 1.83. The minimum absolute atomic E-state index is 0.0471. The van der Waals surface area contributed by atoms with Crippen LogP contribution in [0.4, 0.5) is 17.6 Å². The van der Waals surface area contributed by atoms with E-state index in [4.69, 9.17) is 0 Å². The first kappa shape index (κ1) is 13.5. The minimum Gasteiger partial charge on any atom is -0.207 e. The van der Waals surface area contributed by atoms with E-state index in [1.807, 2.05) is 0 Å². The molecular weight excluding hydrogens is 288 g/mol. The SMILES string of the molecule is Cc1cc(C(Br)CCC(F)(F)F)ccc1F. The zero-order valence-corrected chi connectivity index (χ0v) is 10.2. The van der Waals surface area contributed by atoms with E-state index in [1.165, 1.54) is 12.1 Å². The maximum atomic E-state index is 12.9. The zero-order valence-electron chi connectivity index (χ0n) is 8.61. The van der Waals surface area contributed by atoms with Crippen molar-refractivity contribution >= 4 is 15.9 Å². The summed E-state index contributed by atoms with van der Waals surface area (Å²) in [5.74, 6) is -0.348. The monoisotopic (exact) mass is 298 g/mol. The molecule has 0 heterocycles. The van der Waals surface area contributed by atoms with Gasteiger partial charge in [0.1, 0.15) is 5.82 Å². The van der Waals surface area contributed by atoms with Crippen molar-refractivity contribution in [3.05, 3.63) is 35.1 Å². The molecule has 0 bridgehead atoms. The average Bonchev–Trinajstić information content (AvgIpc) is 2.17. The fourth-order valence-electron chi connectivity index (χ4n) is 1.32. The summed E-state index contributed by atoms with van der Waals surface area (Å²) in [6.07, 6.45) is -5.05. The largest absolute Gasteiger partial charge is 0.389 e. The van der Waals surface area contributed by atoms with Gasteiger partial charge in [0.25, 0.3) is 0 Å². The lowest BCUT2D eigenvalue weighted by Crippen LogP contribution is -2.08. The van der Waals surface area contributed by atoms with E-state index in [0.717, 1.165) is 0 Å². The molecule has 1 aromatic rings. The summed E-state index contributed by atoms with van der Waals surface area (Å²) in [5.41, 5.74) is 1.11. The topological polar surface area (TPSA) is 0 Å². The molecule has 0 radical (unpaired) electrons. The quantitative estimate of drug-likeness (QED) is 0.549. The van der Waals surface area contributed by atoms with Crippen molar-refractivity contribution in [2.24, 2.45) is 0 Å². The molecule has 90 valence electrons. The highest BCUT2D eigenvalue weighted by atomic mass is 79.9. The van der Waals surface area contributed by atoms with Crippen molar-refractivity contribution in [2.45, 2.75) is 30.8 Å². The summed E-state index contributed by atoms with van der Waals surface area (Å²) in [6, 6.07) is 4.33. The summed E-state index contributed by atoms with van der Waals surface area (Å²) in [4.78, 5) is -0.395. The van der Waals surface area contributed by atoms with Crippen LogP contribution in [0.1, 0.15) is 28.8 Å². The molecule has 0 aromatic heterocycles. The molecule has 0 saturated heterocycles. The lowest BCUT2D eigenvalue weighted by molar-refractivity contribution is -0.135. The number of benzene rings is 1. The number of alkyl halides is 4. The zero-order chi connectivity index (χ0) is 12.3. The van der Waals surface area contributed by atoms with E-state index >= 15 is 0 Å². The highest BCUT2D eigenvalue weighted by Crippen LogP contribution is 2.33. The van der Waals surface area contributed by atoms with Crippen LogP contribution in [0.15, 0.2) is 18.2 Å². The molecule has 0 saturated carbocycles. The van der Waals surface area contributed by atoms with E-state index in [-0.39, 0.29) is 12.2 Å². The van der Waals surface area contributed by atoms with Gasteiger partial charge in [-0.1, -0.05) is 28.1 Å². The van der Waals surface area contributed by atoms with Crippen LogP contribution in [0.25, 0.3) is 0 Å². The molecule has 1 rings (SSSR count). The van der Waals surface area contributed by atoms with Gasteiger partial charge < -0.3 is 0 Å². The molecule has 0 nitrogen and oxygen atoms in total. The summed E-state index contributed by atoms with van der Waals surface area (Å²) >= 11 is 3.17. The molecule has 0 aliphatic rings. The van der Waals surface area contributed by atoms with Gasteiger partial charge in [-0.25, -0.2) is 4.39 Å². The minimum atomic E-state index is -4.15. The average molecular weight is 299 g/mol. The molecule has 16 heavy (non-hydrogen) atoms. The number of hydrogen-bond donors (Lipinski definition) is 0. The summed E-state index contributed by atoms with van der Waals surface area (Å²) in [6.45, 7) is 1.59. The first-order chi connectivity index (χ1) is 7.29. The van der Waals surface area contributed by atoms with E-state index in [0.29, 0.717) is 11.1 Å².